The molecule has 0 heterocycles. The van der Waals surface area contributed by atoms with E-state index in [9.17, 15) is 22.4 Å². The molecule has 0 N–H and O–H groups in total. The van der Waals surface area contributed by atoms with Crippen LogP contribution in [0.15, 0.2) is 33.7 Å². The lowest BCUT2D eigenvalue weighted by atomic mass is 10.0. The summed E-state index contributed by atoms with van der Waals surface area (Å²) in [5.74, 6) is -2.22. The van der Waals surface area contributed by atoms with Gasteiger partial charge in [0.2, 0.25) is 0 Å². The molecule has 0 fully saturated rings. The average molecular weight is 489 g/mol. The predicted molar refractivity (Wildman–Crippen MR) is 111 cm³/mol. The maximum atomic E-state index is 14.1. The zero-order valence-electron chi connectivity index (χ0n) is 16.9. The fourth-order valence-electron chi connectivity index (χ4n) is 2.60. The molecule has 2 aromatic carbocycles. The number of carbonyl (C=O) groups is 1. The summed E-state index contributed by atoms with van der Waals surface area (Å²) in [5, 5.41) is 0. The third-order valence-corrected chi connectivity index (χ3v) is 5.27. The van der Waals surface area contributed by atoms with Gasteiger partial charge in [-0.25, -0.2) is 14.2 Å². The van der Waals surface area contributed by atoms with Crippen molar-refractivity contribution < 1.29 is 27.1 Å². The first kappa shape index (κ1) is 23.9. The Balaban J connectivity index is 2.26. The smallest absolute Gasteiger partial charge is 0.419 e. The van der Waals surface area contributed by atoms with Gasteiger partial charge in [-0.3, -0.25) is 0 Å². The Kier molecular flexibility index (Phi) is 7.63. The minimum atomic E-state index is -4.83. The normalized spacial score (nSPS) is 11.8. The Bertz CT molecular complexity index is 974. The summed E-state index contributed by atoms with van der Waals surface area (Å²) in [4.78, 5) is 18.8. The van der Waals surface area contributed by atoms with E-state index in [0.29, 0.717) is 21.8 Å². The molecule has 0 unspecified atom stereocenters. The molecule has 30 heavy (non-hydrogen) atoms. The molecule has 0 saturated carbocycles. The molecule has 2 aromatic rings. The van der Waals surface area contributed by atoms with Crippen LogP contribution in [0, 0.1) is 19.7 Å². The maximum absolute atomic E-state index is 14.1. The van der Waals surface area contributed by atoms with Gasteiger partial charge in [0.05, 0.1) is 23.2 Å². The molecular weight excluding hydrogens is 468 g/mol. The van der Waals surface area contributed by atoms with Crippen molar-refractivity contribution in [2.75, 3.05) is 13.6 Å². The maximum Gasteiger partial charge on any atom is 0.419 e. The number of esters is 1. The number of aliphatic imine (C=N–C) groups is 1. The van der Waals surface area contributed by atoms with E-state index in [1.165, 1.54) is 6.07 Å². The van der Waals surface area contributed by atoms with E-state index in [1.807, 2.05) is 18.9 Å². The van der Waals surface area contributed by atoms with Crippen molar-refractivity contribution in [3.8, 4) is 0 Å². The van der Waals surface area contributed by atoms with Gasteiger partial charge >= 0.3 is 12.1 Å². The molecule has 9 heteroatoms. The van der Waals surface area contributed by atoms with Gasteiger partial charge in [0.1, 0.15) is 12.4 Å². The van der Waals surface area contributed by atoms with E-state index in [4.69, 9.17) is 4.74 Å². The highest BCUT2D eigenvalue weighted by atomic mass is 79.9. The summed E-state index contributed by atoms with van der Waals surface area (Å²) in [6, 6.07) is 4.39. The second-order valence-electron chi connectivity index (χ2n) is 6.67. The van der Waals surface area contributed by atoms with Crippen molar-refractivity contribution in [2.45, 2.75) is 33.6 Å². The van der Waals surface area contributed by atoms with Crippen LogP contribution in [0.25, 0.3) is 0 Å². The second-order valence-corrected chi connectivity index (χ2v) is 7.53. The lowest BCUT2D eigenvalue weighted by Gasteiger charge is -2.15. The summed E-state index contributed by atoms with van der Waals surface area (Å²) >= 11 is 3.39. The molecule has 0 aliphatic carbocycles. The number of alkyl halides is 3. The number of hydrogen-bond acceptors (Lipinski definition) is 3. The van der Waals surface area contributed by atoms with E-state index in [0.717, 1.165) is 24.2 Å². The van der Waals surface area contributed by atoms with Crippen molar-refractivity contribution >= 4 is 33.9 Å². The van der Waals surface area contributed by atoms with Crippen molar-refractivity contribution in [2.24, 2.45) is 4.99 Å². The summed E-state index contributed by atoms with van der Waals surface area (Å²) in [5.41, 5.74) is 0.463. The molecule has 0 amide bonds. The van der Waals surface area contributed by atoms with Crippen LogP contribution in [0.1, 0.15) is 39.5 Å². The third-order valence-electron chi connectivity index (χ3n) is 4.66. The van der Waals surface area contributed by atoms with E-state index < -0.39 is 30.1 Å². The highest BCUT2D eigenvalue weighted by Crippen LogP contribution is 2.35. The largest absolute Gasteiger partial charge is 0.457 e. The lowest BCUT2D eigenvalue weighted by Crippen LogP contribution is -2.14. The van der Waals surface area contributed by atoms with Crippen molar-refractivity contribution in [1.82, 2.24) is 4.90 Å². The SMILES string of the molecule is CCN(C)/C=N/c1c(Br)cc(C(=O)OCc2cccc(C(F)(F)F)c2F)c(C)c1C. The molecule has 0 spiro atoms. The number of ether oxygens (including phenoxy) is 1. The minimum absolute atomic E-state index is 0.217. The Morgan fingerprint density at radius 1 is 1.27 bits per heavy atom. The first-order valence-corrected chi connectivity index (χ1v) is 9.82. The molecule has 2 rings (SSSR count). The molecule has 0 radical (unpaired) electrons. The Morgan fingerprint density at radius 2 is 1.93 bits per heavy atom. The van der Waals surface area contributed by atoms with Crippen molar-refractivity contribution in [3.63, 3.8) is 0 Å². The molecule has 0 saturated heterocycles. The number of rotatable bonds is 6. The average Bonchev–Trinajstić information content (AvgIpc) is 2.68. The van der Waals surface area contributed by atoms with E-state index in [1.54, 1.807) is 20.2 Å². The summed E-state index contributed by atoms with van der Waals surface area (Å²) < 4.78 is 58.3. The topological polar surface area (TPSA) is 41.9 Å². The molecule has 4 nitrogen and oxygen atoms in total. The van der Waals surface area contributed by atoms with Crippen LogP contribution in [-0.2, 0) is 17.5 Å². The van der Waals surface area contributed by atoms with Gasteiger partial charge in [-0.05, 0) is 60.0 Å². The van der Waals surface area contributed by atoms with Crippen LogP contribution in [0.2, 0.25) is 0 Å². The molecule has 162 valence electrons. The van der Waals surface area contributed by atoms with Crippen molar-refractivity contribution in [3.05, 3.63) is 62.4 Å². The van der Waals surface area contributed by atoms with Gasteiger partial charge < -0.3 is 9.64 Å². The zero-order chi connectivity index (χ0) is 22.6. The Hall–Kier alpha value is -2.42. The Labute approximate surface area is 180 Å². The lowest BCUT2D eigenvalue weighted by molar-refractivity contribution is -0.140. The fraction of sp³-hybridized carbons (Fsp3) is 0.333. The molecule has 0 aromatic heterocycles. The number of benzene rings is 2. The van der Waals surface area contributed by atoms with Crippen LogP contribution in [0.3, 0.4) is 0 Å². The van der Waals surface area contributed by atoms with Crippen LogP contribution < -0.4 is 0 Å². The van der Waals surface area contributed by atoms with E-state index in [-0.39, 0.29) is 11.1 Å². The van der Waals surface area contributed by atoms with E-state index >= 15 is 0 Å². The zero-order valence-corrected chi connectivity index (χ0v) is 18.5. The first-order valence-electron chi connectivity index (χ1n) is 9.03. The molecular formula is C21H21BrF4N2O2. The van der Waals surface area contributed by atoms with Gasteiger partial charge in [0, 0.05) is 23.6 Å². The first-order chi connectivity index (χ1) is 14.0. The number of nitrogens with zero attached hydrogens (tertiary/aromatic N) is 2. The minimum Gasteiger partial charge on any atom is -0.457 e. The Morgan fingerprint density at radius 3 is 2.53 bits per heavy atom. The van der Waals surface area contributed by atoms with Gasteiger partial charge in [0.25, 0.3) is 0 Å². The highest BCUT2D eigenvalue weighted by molar-refractivity contribution is 9.10. The van der Waals surface area contributed by atoms with Gasteiger partial charge in [-0.1, -0.05) is 12.1 Å². The quantitative estimate of drug-likeness (QED) is 0.210. The monoisotopic (exact) mass is 488 g/mol. The van der Waals surface area contributed by atoms with E-state index in [2.05, 4.69) is 20.9 Å². The van der Waals surface area contributed by atoms with Gasteiger partial charge in [0.15, 0.2) is 0 Å². The number of hydrogen-bond donors (Lipinski definition) is 0. The summed E-state index contributed by atoms with van der Waals surface area (Å²) in [6.07, 6.45) is -3.16. The van der Waals surface area contributed by atoms with Gasteiger partial charge in [-0.2, -0.15) is 13.2 Å². The third kappa shape index (κ3) is 5.38. The predicted octanol–water partition coefficient (Wildman–Crippen LogP) is 6.19. The van der Waals surface area contributed by atoms with Crippen LogP contribution in [-0.4, -0.2) is 30.8 Å². The van der Waals surface area contributed by atoms with Crippen molar-refractivity contribution in [1.29, 1.82) is 0 Å². The number of carbonyl (C=O) groups excluding carboxylic acids is 1. The van der Waals surface area contributed by atoms with Crippen LogP contribution >= 0.6 is 15.9 Å². The fourth-order valence-corrected chi connectivity index (χ4v) is 3.23. The summed E-state index contributed by atoms with van der Waals surface area (Å²) in [6.45, 7) is 5.64. The van der Waals surface area contributed by atoms with Crippen LogP contribution in [0.5, 0.6) is 0 Å². The standard InChI is InChI=1S/C21H21BrF4N2O2/c1-5-28(4)11-27-19-13(3)12(2)15(9-17(19)22)20(29)30-10-14-7-6-8-16(18(14)23)21(24,25)26/h6-9,11H,5,10H2,1-4H3/b27-11+. The van der Waals surface area contributed by atoms with Crippen LogP contribution in [0.4, 0.5) is 23.2 Å². The number of halogens is 5. The molecule has 0 aliphatic heterocycles. The molecule has 0 bridgehead atoms. The highest BCUT2D eigenvalue weighted by Gasteiger charge is 2.34. The summed E-state index contributed by atoms with van der Waals surface area (Å²) in [7, 11) is 1.87. The van der Waals surface area contributed by atoms with Gasteiger partial charge in [-0.15, -0.1) is 0 Å². The second kappa shape index (κ2) is 9.59. The molecule has 0 atom stereocenters. The molecule has 0 aliphatic rings.